The summed E-state index contributed by atoms with van der Waals surface area (Å²) in [5.41, 5.74) is 0.918. The second-order valence-corrected chi connectivity index (χ2v) is 7.71. The molecule has 0 spiro atoms. The van der Waals surface area contributed by atoms with E-state index in [1.54, 1.807) is 27.0 Å². The van der Waals surface area contributed by atoms with Crippen molar-refractivity contribution in [1.82, 2.24) is 19.4 Å². The molecule has 3 rings (SSSR count). The topological polar surface area (TPSA) is 60.2 Å². The molecule has 0 aliphatic carbocycles. The highest BCUT2D eigenvalue weighted by Crippen LogP contribution is 2.32. The van der Waals surface area contributed by atoms with Gasteiger partial charge in [0.2, 0.25) is 5.28 Å². The summed E-state index contributed by atoms with van der Waals surface area (Å²) in [6, 6.07) is 1.51. The van der Waals surface area contributed by atoms with Gasteiger partial charge in [0.25, 0.3) is 0 Å². The first kappa shape index (κ1) is 17.9. The Morgan fingerprint density at radius 2 is 2.16 bits per heavy atom. The van der Waals surface area contributed by atoms with Gasteiger partial charge < -0.3 is 14.2 Å². The highest BCUT2D eigenvalue weighted by atomic mass is 35.5. The van der Waals surface area contributed by atoms with E-state index >= 15 is 0 Å². The van der Waals surface area contributed by atoms with E-state index in [1.165, 1.54) is 4.90 Å². The molecule has 25 heavy (non-hydrogen) atoms. The molecule has 1 saturated heterocycles. The number of halogens is 2. The number of fused-ring (bicyclic) bond motifs is 1. The summed E-state index contributed by atoms with van der Waals surface area (Å²) in [5, 5.41) is 0.956. The molecular formula is C17H22ClFN4O2. The van der Waals surface area contributed by atoms with Gasteiger partial charge in [0, 0.05) is 23.8 Å². The molecule has 0 unspecified atom stereocenters. The second-order valence-electron chi connectivity index (χ2n) is 7.37. The zero-order valence-corrected chi connectivity index (χ0v) is 15.5. The molecule has 1 amide bonds. The van der Waals surface area contributed by atoms with Gasteiger partial charge in [-0.25, -0.2) is 14.2 Å². The zero-order chi connectivity index (χ0) is 18.4. The molecule has 1 aliphatic rings. The number of carbonyl (C=O) groups is 1. The minimum atomic E-state index is -1.22. The fourth-order valence-electron chi connectivity index (χ4n) is 3.21. The van der Waals surface area contributed by atoms with Crippen molar-refractivity contribution in [2.75, 3.05) is 13.1 Å². The van der Waals surface area contributed by atoms with Crippen molar-refractivity contribution in [3.8, 4) is 0 Å². The van der Waals surface area contributed by atoms with Gasteiger partial charge in [-0.1, -0.05) is 0 Å². The van der Waals surface area contributed by atoms with E-state index in [9.17, 15) is 9.18 Å². The highest BCUT2D eigenvalue weighted by Gasteiger charge is 2.35. The first-order valence-electron chi connectivity index (χ1n) is 8.28. The predicted octanol–water partition coefficient (Wildman–Crippen LogP) is 3.91. The molecule has 0 saturated carbocycles. The number of carbonyl (C=O) groups excluding carboxylic acids is 1. The molecule has 1 aliphatic heterocycles. The number of rotatable bonds is 1. The number of nitrogens with zero attached hydrogens (tertiary/aromatic N) is 4. The standard InChI is InChI=1S/C17H22ClFN4O2/c1-10-7-11-8-20-15(18)21-14(11)23(10)13-5-6-22(9-12(13)19)16(24)25-17(2,3)4/h7-8,12-13H,5-6,9H2,1-4H3/t12-,13-/m1/s1. The third-order valence-corrected chi connectivity index (χ3v) is 4.41. The fourth-order valence-corrected chi connectivity index (χ4v) is 3.34. The maximum Gasteiger partial charge on any atom is 0.410 e. The quantitative estimate of drug-likeness (QED) is 0.716. The van der Waals surface area contributed by atoms with E-state index in [0.717, 1.165) is 11.1 Å². The Morgan fingerprint density at radius 1 is 1.44 bits per heavy atom. The van der Waals surface area contributed by atoms with Gasteiger partial charge in [-0.3, -0.25) is 0 Å². The second kappa shape index (κ2) is 6.44. The number of hydrogen-bond acceptors (Lipinski definition) is 4. The van der Waals surface area contributed by atoms with Gasteiger partial charge >= 0.3 is 6.09 Å². The van der Waals surface area contributed by atoms with Crippen LogP contribution < -0.4 is 0 Å². The van der Waals surface area contributed by atoms with E-state index in [4.69, 9.17) is 16.3 Å². The van der Waals surface area contributed by atoms with Crippen molar-refractivity contribution in [2.24, 2.45) is 0 Å². The summed E-state index contributed by atoms with van der Waals surface area (Å²) in [7, 11) is 0. The fraction of sp³-hybridized carbons (Fsp3) is 0.588. The number of amides is 1. The van der Waals surface area contributed by atoms with Gasteiger partial charge in [-0.05, 0) is 51.8 Å². The number of ether oxygens (including phenoxy) is 1. The van der Waals surface area contributed by atoms with Gasteiger partial charge in [0.05, 0.1) is 12.6 Å². The van der Waals surface area contributed by atoms with Crippen LogP contribution in [0.3, 0.4) is 0 Å². The van der Waals surface area contributed by atoms with Crippen molar-refractivity contribution in [2.45, 2.75) is 51.9 Å². The van der Waals surface area contributed by atoms with Crippen molar-refractivity contribution >= 4 is 28.7 Å². The zero-order valence-electron chi connectivity index (χ0n) is 14.8. The molecule has 2 aromatic rings. The minimum absolute atomic E-state index is 0.00247. The molecule has 2 aromatic heterocycles. The number of hydrogen-bond donors (Lipinski definition) is 0. The SMILES string of the molecule is Cc1cc2cnc(Cl)nc2n1[C@@H]1CCN(C(=O)OC(C)(C)C)C[C@H]1F. The molecular weight excluding hydrogens is 347 g/mol. The Kier molecular flexibility index (Phi) is 4.62. The van der Waals surface area contributed by atoms with Crippen LogP contribution in [0.4, 0.5) is 9.18 Å². The number of piperidine rings is 1. The number of likely N-dealkylation sites (tertiary alicyclic amines) is 1. The first-order chi connectivity index (χ1) is 11.7. The van der Waals surface area contributed by atoms with E-state index in [0.29, 0.717) is 18.6 Å². The third-order valence-electron chi connectivity index (χ3n) is 4.23. The van der Waals surface area contributed by atoms with Crippen LogP contribution in [0, 0.1) is 6.92 Å². The molecule has 136 valence electrons. The molecule has 1 fully saturated rings. The lowest BCUT2D eigenvalue weighted by Gasteiger charge is -2.36. The Bertz CT molecular complexity index is 802. The van der Waals surface area contributed by atoms with Gasteiger partial charge in [0.1, 0.15) is 17.4 Å². The lowest BCUT2D eigenvalue weighted by molar-refractivity contribution is 0.00694. The Hall–Kier alpha value is -1.89. The van der Waals surface area contributed by atoms with E-state index in [-0.39, 0.29) is 11.8 Å². The molecule has 0 N–H and O–H groups in total. The van der Waals surface area contributed by atoms with Gasteiger partial charge in [-0.15, -0.1) is 0 Å². The number of aryl methyl sites for hydroxylation is 1. The predicted molar refractivity (Wildman–Crippen MR) is 93.6 cm³/mol. The maximum absolute atomic E-state index is 14.9. The summed E-state index contributed by atoms with van der Waals surface area (Å²) in [6.07, 6.45) is 0.418. The van der Waals surface area contributed by atoms with Crippen LogP contribution in [0.2, 0.25) is 5.28 Å². The maximum atomic E-state index is 14.9. The van der Waals surface area contributed by atoms with Gasteiger partial charge in [-0.2, -0.15) is 4.98 Å². The lowest BCUT2D eigenvalue weighted by atomic mass is 10.0. The van der Waals surface area contributed by atoms with Crippen LogP contribution in [-0.2, 0) is 4.74 Å². The molecule has 8 heteroatoms. The molecule has 3 heterocycles. The summed E-state index contributed by atoms with van der Waals surface area (Å²) in [6.45, 7) is 7.72. The summed E-state index contributed by atoms with van der Waals surface area (Å²) in [5.74, 6) is 0. The summed E-state index contributed by atoms with van der Waals surface area (Å²) in [4.78, 5) is 21.8. The summed E-state index contributed by atoms with van der Waals surface area (Å²) >= 11 is 5.90. The van der Waals surface area contributed by atoms with Crippen LogP contribution in [0.1, 0.15) is 38.9 Å². The Labute approximate surface area is 150 Å². The minimum Gasteiger partial charge on any atom is -0.444 e. The van der Waals surface area contributed by atoms with Crippen molar-refractivity contribution < 1.29 is 13.9 Å². The average molecular weight is 369 g/mol. The highest BCUT2D eigenvalue weighted by molar-refractivity contribution is 6.28. The Balaban J connectivity index is 1.82. The Morgan fingerprint density at radius 3 is 2.80 bits per heavy atom. The van der Waals surface area contributed by atoms with Gasteiger partial charge in [0.15, 0.2) is 0 Å². The van der Waals surface area contributed by atoms with E-state index < -0.39 is 23.9 Å². The van der Waals surface area contributed by atoms with Crippen LogP contribution >= 0.6 is 11.6 Å². The van der Waals surface area contributed by atoms with Crippen LogP contribution in [0.15, 0.2) is 12.3 Å². The molecule has 0 radical (unpaired) electrons. The smallest absolute Gasteiger partial charge is 0.410 e. The normalized spacial score (nSPS) is 21.6. The number of aromatic nitrogens is 3. The van der Waals surface area contributed by atoms with Crippen molar-refractivity contribution in [3.05, 3.63) is 23.2 Å². The van der Waals surface area contributed by atoms with Crippen LogP contribution in [0.25, 0.3) is 11.0 Å². The lowest BCUT2D eigenvalue weighted by Crippen LogP contribution is -2.47. The molecule has 0 aromatic carbocycles. The molecule has 2 atom stereocenters. The monoisotopic (exact) mass is 368 g/mol. The van der Waals surface area contributed by atoms with Crippen LogP contribution in [-0.4, -0.2) is 50.4 Å². The molecule has 0 bridgehead atoms. The van der Waals surface area contributed by atoms with Crippen molar-refractivity contribution in [3.63, 3.8) is 0 Å². The van der Waals surface area contributed by atoms with E-state index in [1.807, 2.05) is 17.6 Å². The average Bonchev–Trinajstić information content (AvgIpc) is 2.81. The largest absolute Gasteiger partial charge is 0.444 e. The third kappa shape index (κ3) is 3.71. The van der Waals surface area contributed by atoms with E-state index in [2.05, 4.69) is 9.97 Å². The molecule has 6 nitrogen and oxygen atoms in total. The summed E-state index contributed by atoms with van der Waals surface area (Å²) < 4.78 is 22.1. The van der Waals surface area contributed by atoms with Crippen molar-refractivity contribution in [1.29, 1.82) is 0 Å². The van der Waals surface area contributed by atoms with Crippen LogP contribution in [0.5, 0.6) is 0 Å². The number of alkyl halides is 1. The first-order valence-corrected chi connectivity index (χ1v) is 8.65.